The molecule has 0 spiro atoms. The van der Waals surface area contributed by atoms with Crippen molar-refractivity contribution in [2.75, 3.05) is 7.11 Å². The highest BCUT2D eigenvalue weighted by Crippen LogP contribution is 2.31. The molecule has 4 nitrogen and oxygen atoms in total. The van der Waals surface area contributed by atoms with Gasteiger partial charge in [0.25, 0.3) is 0 Å². The average molecular weight is 337 g/mol. The molecule has 0 aliphatic carbocycles. The third kappa shape index (κ3) is 3.68. The fraction of sp³-hybridized carbons (Fsp3) is 0.286. The average Bonchev–Trinajstić information content (AvgIpc) is 2.87. The minimum atomic E-state index is -0.747. The van der Waals surface area contributed by atoms with Crippen LogP contribution in [0, 0.1) is 6.92 Å². The number of benzene rings is 2. The standard InChI is InChI=1S/C21H23NO3/c1-15-18(9-6-10-21(23)24)19-13-17(25-2)11-12-20(19)22(15)14-16-7-4-3-5-8-16/h3-5,7-8,11-13H,6,9-10,14H2,1-2H3,(H,23,24). The van der Waals surface area contributed by atoms with E-state index in [1.54, 1.807) is 7.11 Å². The van der Waals surface area contributed by atoms with Crippen molar-refractivity contribution in [2.24, 2.45) is 0 Å². The lowest BCUT2D eigenvalue weighted by atomic mass is 10.0. The molecule has 1 heterocycles. The van der Waals surface area contributed by atoms with Gasteiger partial charge in [-0.25, -0.2) is 0 Å². The van der Waals surface area contributed by atoms with Gasteiger partial charge in [0, 0.05) is 29.6 Å². The van der Waals surface area contributed by atoms with Crippen LogP contribution in [-0.2, 0) is 17.8 Å². The lowest BCUT2D eigenvalue weighted by Crippen LogP contribution is -2.02. The van der Waals surface area contributed by atoms with Gasteiger partial charge in [-0.15, -0.1) is 0 Å². The summed E-state index contributed by atoms with van der Waals surface area (Å²) in [5, 5.41) is 10.1. The lowest BCUT2D eigenvalue weighted by Gasteiger charge is -2.09. The van der Waals surface area contributed by atoms with E-state index in [0.29, 0.717) is 6.42 Å². The first-order valence-electron chi connectivity index (χ1n) is 8.51. The van der Waals surface area contributed by atoms with Gasteiger partial charge >= 0.3 is 5.97 Å². The Balaban J connectivity index is 2.03. The van der Waals surface area contributed by atoms with E-state index in [0.717, 1.165) is 29.6 Å². The zero-order chi connectivity index (χ0) is 17.8. The third-order valence-corrected chi connectivity index (χ3v) is 4.66. The molecule has 0 radical (unpaired) electrons. The second-order valence-corrected chi connectivity index (χ2v) is 6.27. The van der Waals surface area contributed by atoms with Crippen molar-refractivity contribution < 1.29 is 14.6 Å². The molecule has 2 aromatic carbocycles. The van der Waals surface area contributed by atoms with E-state index in [2.05, 4.69) is 35.8 Å². The number of hydrogen-bond donors (Lipinski definition) is 1. The molecule has 1 aromatic heterocycles. The first kappa shape index (κ1) is 17.1. The van der Waals surface area contributed by atoms with Crippen molar-refractivity contribution in [2.45, 2.75) is 32.7 Å². The van der Waals surface area contributed by atoms with Crippen molar-refractivity contribution in [1.82, 2.24) is 4.57 Å². The minimum Gasteiger partial charge on any atom is -0.497 e. The van der Waals surface area contributed by atoms with Gasteiger partial charge in [-0.3, -0.25) is 4.79 Å². The Morgan fingerprint density at radius 2 is 1.92 bits per heavy atom. The van der Waals surface area contributed by atoms with Gasteiger partial charge in [0.15, 0.2) is 0 Å². The summed E-state index contributed by atoms with van der Waals surface area (Å²) >= 11 is 0. The molecular formula is C21H23NO3. The Hall–Kier alpha value is -2.75. The fourth-order valence-electron chi connectivity index (χ4n) is 3.36. The molecule has 3 aromatic rings. The second-order valence-electron chi connectivity index (χ2n) is 6.27. The second kappa shape index (κ2) is 7.43. The lowest BCUT2D eigenvalue weighted by molar-refractivity contribution is -0.137. The highest BCUT2D eigenvalue weighted by atomic mass is 16.5. The number of aromatic nitrogens is 1. The Morgan fingerprint density at radius 1 is 1.16 bits per heavy atom. The quantitative estimate of drug-likeness (QED) is 0.694. The van der Waals surface area contributed by atoms with E-state index in [1.165, 1.54) is 16.8 Å². The number of ether oxygens (including phenoxy) is 1. The molecule has 0 aliphatic rings. The van der Waals surface area contributed by atoms with Gasteiger partial charge < -0.3 is 14.4 Å². The van der Waals surface area contributed by atoms with Crippen molar-refractivity contribution in [3.63, 3.8) is 0 Å². The van der Waals surface area contributed by atoms with Crippen LogP contribution >= 0.6 is 0 Å². The molecule has 0 bridgehead atoms. The number of methoxy groups -OCH3 is 1. The minimum absolute atomic E-state index is 0.189. The van der Waals surface area contributed by atoms with Crippen molar-refractivity contribution in [3.8, 4) is 5.75 Å². The van der Waals surface area contributed by atoms with E-state index in [1.807, 2.05) is 24.3 Å². The van der Waals surface area contributed by atoms with Crippen LogP contribution in [0.15, 0.2) is 48.5 Å². The predicted molar refractivity (Wildman–Crippen MR) is 99.3 cm³/mol. The zero-order valence-electron chi connectivity index (χ0n) is 14.7. The smallest absolute Gasteiger partial charge is 0.303 e. The van der Waals surface area contributed by atoms with Crippen LogP contribution in [0.2, 0.25) is 0 Å². The molecule has 0 fully saturated rings. The van der Waals surface area contributed by atoms with Crippen molar-refractivity contribution in [1.29, 1.82) is 0 Å². The number of nitrogens with zero attached hydrogens (tertiary/aromatic N) is 1. The number of carbonyl (C=O) groups is 1. The molecule has 130 valence electrons. The van der Waals surface area contributed by atoms with E-state index < -0.39 is 5.97 Å². The summed E-state index contributed by atoms with van der Waals surface area (Å²) in [6.45, 7) is 2.92. The Labute approximate surface area is 147 Å². The molecular weight excluding hydrogens is 314 g/mol. The van der Waals surface area contributed by atoms with Crippen LogP contribution in [-0.4, -0.2) is 22.8 Å². The topological polar surface area (TPSA) is 51.5 Å². The Morgan fingerprint density at radius 3 is 2.60 bits per heavy atom. The van der Waals surface area contributed by atoms with Crippen molar-refractivity contribution in [3.05, 3.63) is 65.4 Å². The SMILES string of the molecule is COc1ccc2c(c1)c(CCCC(=O)O)c(C)n2Cc1ccccc1. The van der Waals surface area contributed by atoms with Gasteiger partial charge in [0.05, 0.1) is 7.11 Å². The van der Waals surface area contributed by atoms with E-state index in [9.17, 15) is 4.79 Å². The first-order chi connectivity index (χ1) is 12.1. The van der Waals surface area contributed by atoms with Gasteiger partial charge in [0.2, 0.25) is 0 Å². The van der Waals surface area contributed by atoms with Crippen LogP contribution in [0.25, 0.3) is 10.9 Å². The number of fused-ring (bicyclic) bond motifs is 1. The Bertz CT molecular complexity index is 881. The molecule has 4 heteroatoms. The van der Waals surface area contributed by atoms with Gasteiger partial charge in [-0.2, -0.15) is 0 Å². The van der Waals surface area contributed by atoms with E-state index >= 15 is 0 Å². The summed E-state index contributed by atoms with van der Waals surface area (Å²) in [5.74, 6) is 0.0760. The van der Waals surface area contributed by atoms with Crippen LogP contribution < -0.4 is 4.74 Å². The summed E-state index contributed by atoms with van der Waals surface area (Å²) in [6, 6.07) is 16.5. The van der Waals surface area contributed by atoms with E-state index in [-0.39, 0.29) is 6.42 Å². The van der Waals surface area contributed by atoms with Crippen LogP contribution in [0.1, 0.15) is 29.7 Å². The zero-order valence-corrected chi connectivity index (χ0v) is 14.7. The number of carboxylic acids is 1. The Kier molecular flexibility index (Phi) is 5.08. The maximum atomic E-state index is 10.9. The molecule has 0 amide bonds. The van der Waals surface area contributed by atoms with Crippen molar-refractivity contribution >= 4 is 16.9 Å². The molecule has 3 rings (SSSR count). The predicted octanol–water partition coefficient (Wildman–Crippen LogP) is 4.41. The molecule has 1 N–H and O–H groups in total. The van der Waals surface area contributed by atoms with Crippen LogP contribution in [0.3, 0.4) is 0 Å². The third-order valence-electron chi connectivity index (χ3n) is 4.66. The maximum absolute atomic E-state index is 10.9. The van der Waals surface area contributed by atoms with Gasteiger partial charge in [0.1, 0.15) is 5.75 Å². The highest BCUT2D eigenvalue weighted by molar-refractivity contribution is 5.87. The maximum Gasteiger partial charge on any atom is 0.303 e. The molecule has 25 heavy (non-hydrogen) atoms. The summed E-state index contributed by atoms with van der Waals surface area (Å²) < 4.78 is 7.69. The number of carboxylic acid groups (broad SMARTS) is 1. The van der Waals surface area contributed by atoms with Gasteiger partial charge in [-0.05, 0) is 49.1 Å². The normalized spacial score (nSPS) is 11.0. The number of hydrogen-bond acceptors (Lipinski definition) is 2. The molecule has 0 unspecified atom stereocenters. The number of rotatable bonds is 7. The molecule has 0 atom stereocenters. The van der Waals surface area contributed by atoms with Crippen LogP contribution in [0.4, 0.5) is 0 Å². The van der Waals surface area contributed by atoms with Gasteiger partial charge in [-0.1, -0.05) is 30.3 Å². The molecule has 0 saturated heterocycles. The van der Waals surface area contributed by atoms with Crippen LogP contribution in [0.5, 0.6) is 5.75 Å². The first-order valence-corrected chi connectivity index (χ1v) is 8.51. The monoisotopic (exact) mass is 337 g/mol. The fourth-order valence-corrected chi connectivity index (χ4v) is 3.36. The summed E-state index contributed by atoms with van der Waals surface area (Å²) in [4.78, 5) is 10.9. The largest absolute Gasteiger partial charge is 0.497 e. The molecule has 0 aliphatic heterocycles. The number of aliphatic carboxylic acids is 1. The summed E-state index contributed by atoms with van der Waals surface area (Å²) in [6.07, 6.45) is 1.58. The summed E-state index contributed by atoms with van der Waals surface area (Å²) in [7, 11) is 1.67. The van der Waals surface area contributed by atoms with E-state index in [4.69, 9.17) is 9.84 Å². The number of aryl methyl sites for hydroxylation is 1. The molecule has 0 saturated carbocycles. The summed E-state index contributed by atoms with van der Waals surface area (Å²) in [5.41, 5.74) is 4.81. The highest BCUT2D eigenvalue weighted by Gasteiger charge is 2.15.